The molecule has 0 saturated heterocycles. The summed E-state index contributed by atoms with van der Waals surface area (Å²) in [4.78, 5) is 23.2. The molecular formula is C16H11F3O3. The minimum Gasteiger partial charge on any atom is -0.426 e. The van der Waals surface area contributed by atoms with Crippen LogP contribution in [-0.2, 0) is 4.79 Å². The van der Waals surface area contributed by atoms with Gasteiger partial charge >= 0.3 is 12.1 Å². The molecule has 2 aromatic carbocycles. The quantitative estimate of drug-likeness (QED) is 0.490. The largest absolute Gasteiger partial charge is 0.426 e. The van der Waals surface area contributed by atoms with E-state index in [1.165, 1.54) is 24.3 Å². The molecule has 0 atom stereocenters. The van der Waals surface area contributed by atoms with E-state index in [0.717, 1.165) is 0 Å². The molecule has 114 valence electrons. The minimum atomic E-state index is -4.61. The summed E-state index contributed by atoms with van der Waals surface area (Å²) in [7, 11) is 0. The normalized spacial score (nSPS) is 11.0. The van der Waals surface area contributed by atoms with Gasteiger partial charge in [-0.25, -0.2) is 0 Å². The second-order valence-electron chi connectivity index (χ2n) is 4.49. The Morgan fingerprint density at radius 1 is 0.864 bits per heavy atom. The number of hydrogen-bond acceptors (Lipinski definition) is 3. The number of rotatable bonds is 4. The topological polar surface area (TPSA) is 43.4 Å². The lowest BCUT2D eigenvalue weighted by atomic mass is 10.0. The number of ketones is 1. The second-order valence-corrected chi connectivity index (χ2v) is 4.49. The van der Waals surface area contributed by atoms with Crippen molar-refractivity contribution in [1.82, 2.24) is 0 Å². The van der Waals surface area contributed by atoms with Gasteiger partial charge in [-0.1, -0.05) is 30.3 Å². The molecule has 0 bridgehead atoms. The summed E-state index contributed by atoms with van der Waals surface area (Å²) in [6, 6.07) is 13.9. The summed E-state index contributed by atoms with van der Waals surface area (Å²) < 4.78 is 40.6. The molecule has 0 aromatic heterocycles. The number of carbonyl (C=O) groups is 2. The smallest absolute Gasteiger partial charge is 0.399 e. The van der Waals surface area contributed by atoms with Gasteiger partial charge in [0.15, 0.2) is 5.78 Å². The zero-order chi connectivity index (χ0) is 16.2. The van der Waals surface area contributed by atoms with E-state index < -0.39 is 18.6 Å². The fourth-order valence-corrected chi connectivity index (χ4v) is 1.76. The van der Waals surface area contributed by atoms with E-state index in [-0.39, 0.29) is 11.5 Å². The number of halogens is 3. The molecule has 0 radical (unpaired) electrons. The molecule has 6 heteroatoms. The molecule has 0 amide bonds. The Hall–Kier alpha value is -2.63. The number of hydrogen-bond donors (Lipinski definition) is 0. The molecule has 0 aliphatic heterocycles. The summed E-state index contributed by atoms with van der Waals surface area (Å²) in [5.41, 5.74) is 0.839. The van der Waals surface area contributed by atoms with Crippen LogP contribution in [0.3, 0.4) is 0 Å². The van der Waals surface area contributed by atoms with Crippen molar-refractivity contribution in [2.45, 2.75) is 12.6 Å². The highest BCUT2D eigenvalue weighted by Gasteiger charge is 2.32. The molecule has 0 saturated carbocycles. The number of benzene rings is 2. The Bertz CT molecular complexity index is 661. The third-order valence-corrected chi connectivity index (χ3v) is 2.73. The van der Waals surface area contributed by atoms with Crippen LogP contribution in [0.2, 0.25) is 0 Å². The van der Waals surface area contributed by atoms with Crippen LogP contribution in [0, 0.1) is 0 Å². The molecule has 0 spiro atoms. The summed E-state index contributed by atoms with van der Waals surface area (Å²) in [5, 5.41) is 0. The van der Waals surface area contributed by atoms with Crippen LogP contribution in [-0.4, -0.2) is 17.9 Å². The third-order valence-electron chi connectivity index (χ3n) is 2.73. The van der Waals surface area contributed by atoms with E-state index in [1.807, 2.05) is 0 Å². The highest BCUT2D eigenvalue weighted by molar-refractivity contribution is 6.09. The van der Waals surface area contributed by atoms with Crippen molar-refractivity contribution in [3.63, 3.8) is 0 Å². The molecule has 2 rings (SSSR count). The molecule has 0 fully saturated rings. The first-order chi connectivity index (χ1) is 10.3. The van der Waals surface area contributed by atoms with Crippen LogP contribution in [0.1, 0.15) is 22.3 Å². The maximum atomic E-state index is 12.1. The zero-order valence-corrected chi connectivity index (χ0v) is 11.3. The summed E-state index contributed by atoms with van der Waals surface area (Å²) >= 11 is 0. The number of ether oxygens (including phenoxy) is 1. The lowest BCUT2D eigenvalue weighted by Gasteiger charge is -2.07. The van der Waals surface area contributed by atoms with Gasteiger partial charge in [-0.3, -0.25) is 9.59 Å². The second kappa shape index (κ2) is 6.43. The Morgan fingerprint density at radius 2 is 1.41 bits per heavy atom. The van der Waals surface area contributed by atoms with Gasteiger partial charge in [0, 0.05) is 11.1 Å². The van der Waals surface area contributed by atoms with Crippen molar-refractivity contribution >= 4 is 11.8 Å². The third kappa shape index (κ3) is 4.44. The van der Waals surface area contributed by atoms with Crippen molar-refractivity contribution in [1.29, 1.82) is 0 Å². The number of esters is 1. The molecule has 22 heavy (non-hydrogen) atoms. The molecule has 0 N–H and O–H groups in total. The first kappa shape index (κ1) is 15.8. The molecule has 0 unspecified atom stereocenters. The van der Waals surface area contributed by atoms with Gasteiger partial charge in [0.25, 0.3) is 0 Å². The number of carbonyl (C=O) groups excluding carboxylic acids is 2. The minimum absolute atomic E-state index is 0.0427. The molecular weight excluding hydrogens is 297 g/mol. The van der Waals surface area contributed by atoms with Gasteiger partial charge in [-0.05, 0) is 24.3 Å². The molecule has 2 aromatic rings. The van der Waals surface area contributed by atoms with E-state index in [0.29, 0.717) is 11.1 Å². The number of alkyl halides is 3. The SMILES string of the molecule is O=C(CC(F)(F)F)Oc1ccc(C(=O)c2ccccc2)cc1. The summed E-state index contributed by atoms with van der Waals surface area (Å²) in [6.07, 6.45) is -6.27. The van der Waals surface area contributed by atoms with Gasteiger partial charge in [-0.15, -0.1) is 0 Å². The monoisotopic (exact) mass is 308 g/mol. The first-order valence-corrected chi connectivity index (χ1v) is 6.32. The van der Waals surface area contributed by atoms with Crippen LogP contribution >= 0.6 is 0 Å². The van der Waals surface area contributed by atoms with Gasteiger partial charge < -0.3 is 4.74 Å². The van der Waals surface area contributed by atoms with Crippen molar-refractivity contribution in [3.05, 3.63) is 65.7 Å². The Morgan fingerprint density at radius 3 is 1.95 bits per heavy atom. The fraction of sp³-hybridized carbons (Fsp3) is 0.125. The average molecular weight is 308 g/mol. The molecule has 0 aliphatic rings. The van der Waals surface area contributed by atoms with E-state index in [1.54, 1.807) is 30.3 Å². The highest BCUT2D eigenvalue weighted by atomic mass is 19.4. The van der Waals surface area contributed by atoms with Crippen molar-refractivity contribution in [2.75, 3.05) is 0 Å². The lowest BCUT2D eigenvalue weighted by molar-refractivity contribution is -0.164. The predicted molar refractivity (Wildman–Crippen MR) is 72.6 cm³/mol. The summed E-state index contributed by atoms with van der Waals surface area (Å²) in [6.45, 7) is 0. The Balaban J connectivity index is 2.05. The van der Waals surface area contributed by atoms with Crippen LogP contribution in [0.5, 0.6) is 5.75 Å². The van der Waals surface area contributed by atoms with E-state index in [9.17, 15) is 22.8 Å². The molecule has 3 nitrogen and oxygen atoms in total. The van der Waals surface area contributed by atoms with Crippen LogP contribution in [0.15, 0.2) is 54.6 Å². The maximum absolute atomic E-state index is 12.1. The van der Waals surface area contributed by atoms with Crippen molar-refractivity contribution in [3.8, 4) is 5.75 Å². The van der Waals surface area contributed by atoms with E-state index in [2.05, 4.69) is 4.74 Å². The zero-order valence-electron chi connectivity index (χ0n) is 11.3. The van der Waals surface area contributed by atoms with E-state index >= 15 is 0 Å². The van der Waals surface area contributed by atoms with Crippen molar-refractivity contribution < 1.29 is 27.5 Å². The molecule has 0 aliphatic carbocycles. The Labute approximate surface area is 124 Å². The van der Waals surface area contributed by atoms with Crippen LogP contribution in [0.4, 0.5) is 13.2 Å². The van der Waals surface area contributed by atoms with Gasteiger partial charge in [-0.2, -0.15) is 13.2 Å². The lowest BCUT2D eigenvalue weighted by Crippen LogP contribution is -2.19. The van der Waals surface area contributed by atoms with Gasteiger partial charge in [0.05, 0.1) is 0 Å². The van der Waals surface area contributed by atoms with E-state index in [4.69, 9.17) is 0 Å². The first-order valence-electron chi connectivity index (χ1n) is 6.32. The Kier molecular flexibility index (Phi) is 4.60. The highest BCUT2D eigenvalue weighted by Crippen LogP contribution is 2.22. The molecule has 0 heterocycles. The predicted octanol–water partition coefficient (Wildman–Crippen LogP) is 3.78. The fourth-order valence-electron chi connectivity index (χ4n) is 1.76. The van der Waals surface area contributed by atoms with Crippen molar-refractivity contribution in [2.24, 2.45) is 0 Å². The standard InChI is InChI=1S/C16H11F3O3/c17-16(18,19)10-14(20)22-13-8-6-12(7-9-13)15(21)11-4-2-1-3-5-11/h1-9H,10H2. The van der Waals surface area contributed by atoms with Crippen LogP contribution in [0.25, 0.3) is 0 Å². The maximum Gasteiger partial charge on any atom is 0.399 e. The van der Waals surface area contributed by atoms with Crippen LogP contribution < -0.4 is 4.74 Å². The average Bonchev–Trinajstić information content (AvgIpc) is 2.46. The summed E-state index contributed by atoms with van der Waals surface area (Å²) in [5.74, 6) is -1.66. The van der Waals surface area contributed by atoms with Gasteiger partial charge in [0.1, 0.15) is 12.2 Å². The van der Waals surface area contributed by atoms with Gasteiger partial charge in [0.2, 0.25) is 0 Å².